The third kappa shape index (κ3) is 5.58. The van der Waals surface area contributed by atoms with Crippen molar-refractivity contribution in [2.24, 2.45) is 0 Å². The second-order valence-corrected chi connectivity index (χ2v) is 7.10. The number of carbonyl (C=O) groups excluding carboxylic acids is 2. The van der Waals surface area contributed by atoms with E-state index in [9.17, 15) is 14.7 Å². The fraction of sp³-hybridized carbons (Fsp3) is 0.120. The SMILES string of the molecule is C=C(Cc1ccccc1)NC(=O)c1ccc(C(=O)NCc2cccc(O)c2)cc1C. The molecule has 0 unspecified atom stereocenters. The first kappa shape index (κ1) is 20.9. The number of rotatable bonds is 7. The van der Waals surface area contributed by atoms with Crippen LogP contribution in [-0.4, -0.2) is 16.9 Å². The minimum atomic E-state index is -0.250. The highest BCUT2D eigenvalue weighted by atomic mass is 16.3. The first-order valence-corrected chi connectivity index (χ1v) is 9.62. The maximum absolute atomic E-state index is 12.6. The van der Waals surface area contributed by atoms with Crippen LogP contribution in [0.3, 0.4) is 0 Å². The van der Waals surface area contributed by atoms with Crippen molar-refractivity contribution in [3.8, 4) is 5.75 Å². The molecule has 0 aliphatic carbocycles. The highest BCUT2D eigenvalue weighted by molar-refractivity contribution is 5.99. The Balaban J connectivity index is 1.60. The summed E-state index contributed by atoms with van der Waals surface area (Å²) in [4.78, 5) is 25.0. The number of aromatic hydroxyl groups is 1. The molecule has 30 heavy (non-hydrogen) atoms. The summed E-state index contributed by atoms with van der Waals surface area (Å²) < 4.78 is 0. The van der Waals surface area contributed by atoms with Gasteiger partial charge in [0, 0.05) is 29.8 Å². The second-order valence-electron chi connectivity index (χ2n) is 7.10. The van der Waals surface area contributed by atoms with E-state index in [0.29, 0.717) is 35.4 Å². The van der Waals surface area contributed by atoms with Crippen LogP contribution in [0, 0.1) is 6.92 Å². The molecule has 0 spiro atoms. The maximum atomic E-state index is 12.6. The first-order valence-electron chi connectivity index (χ1n) is 9.62. The number of hydrogen-bond donors (Lipinski definition) is 3. The normalized spacial score (nSPS) is 10.3. The maximum Gasteiger partial charge on any atom is 0.255 e. The molecule has 0 aliphatic heterocycles. The number of allylic oxidation sites excluding steroid dienone is 1. The topological polar surface area (TPSA) is 78.4 Å². The summed E-state index contributed by atoms with van der Waals surface area (Å²) in [5.41, 5.74) is 4.14. The summed E-state index contributed by atoms with van der Waals surface area (Å²) in [7, 11) is 0. The molecule has 3 N–H and O–H groups in total. The van der Waals surface area contributed by atoms with Gasteiger partial charge in [-0.25, -0.2) is 0 Å². The van der Waals surface area contributed by atoms with Crippen LogP contribution in [0.4, 0.5) is 0 Å². The van der Waals surface area contributed by atoms with Gasteiger partial charge in [0.25, 0.3) is 11.8 Å². The predicted octanol–water partition coefficient (Wildman–Crippen LogP) is 4.12. The smallest absolute Gasteiger partial charge is 0.255 e. The predicted molar refractivity (Wildman–Crippen MR) is 117 cm³/mol. The third-order valence-corrected chi connectivity index (χ3v) is 4.65. The molecular formula is C25H24N2O3. The summed E-state index contributed by atoms with van der Waals surface area (Å²) in [5, 5.41) is 15.1. The number of nitrogens with one attached hydrogen (secondary N) is 2. The van der Waals surface area contributed by atoms with Crippen LogP contribution in [0.2, 0.25) is 0 Å². The molecule has 0 saturated carbocycles. The molecule has 5 heteroatoms. The summed E-state index contributed by atoms with van der Waals surface area (Å²) in [6.07, 6.45) is 0.557. The lowest BCUT2D eigenvalue weighted by atomic mass is 10.0. The van der Waals surface area contributed by atoms with Crippen molar-refractivity contribution < 1.29 is 14.7 Å². The van der Waals surface area contributed by atoms with Crippen molar-refractivity contribution in [2.45, 2.75) is 19.9 Å². The molecule has 0 bridgehead atoms. The van der Waals surface area contributed by atoms with Gasteiger partial charge < -0.3 is 15.7 Å². The molecule has 3 rings (SSSR count). The first-order chi connectivity index (χ1) is 14.4. The number of amides is 2. The average Bonchev–Trinajstić information content (AvgIpc) is 2.72. The largest absolute Gasteiger partial charge is 0.508 e. The van der Waals surface area contributed by atoms with Gasteiger partial charge in [-0.15, -0.1) is 0 Å². The van der Waals surface area contributed by atoms with E-state index in [1.165, 1.54) is 0 Å². The molecule has 2 amide bonds. The molecule has 0 aromatic heterocycles. The van der Waals surface area contributed by atoms with E-state index in [1.807, 2.05) is 36.4 Å². The minimum absolute atomic E-state index is 0.154. The highest BCUT2D eigenvalue weighted by Gasteiger charge is 2.13. The van der Waals surface area contributed by atoms with Crippen molar-refractivity contribution in [2.75, 3.05) is 0 Å². The van der Waals surface area contributed by atoms with Gasteiger partial charge in [-0.05, 0) is 53.9 Å². The highest BCUT2D eigenvalue weighted by Crippen LogP contribution is 2.14. The Labute approximate surface area is 176 Å². The van der Waals surface area contributed by atoms with E-state index in [0.717, 1.165) is 11.1 Å². The van der Waals surface area contributed by atoms with Gasteiger partial charge in [-0.1, -0.05) is 49.0 Å². The fourth-order valence-electron chi connectivity index (χ4n) is 3.12. The lowest BCUT2D eigenvalue weighted by Crippen LogP contribution is -2.25. The van der Waals surface area contributed by atoms with Crippen LogP contribution in [-0.2, 0) is 13.0 Å². The van der Waals surface area contributed by atoms with Gasteiger partial charge in [-0.2, -0.15) is 0 Å². The Kier molecular flexibility index (Phi) is 6.65. The van der Waals surface area contributed by atoms with Gasteiger partial charge in [0.15, 0.2) is 0 Å². The Morgan fingerprint density at radius 1 is 0.900 bits per heavy atom. The third-order valence-electron chi connectivity index (χ3n) is 4.65. The van der Waals surface area contributed by atoms with Crippen LogP contribution in [0.5, 0.6) is 5.75 Å². The molecule has 0 heterocycles. The van der Waals surface area contributed by atoms with Gasteiger partial charge >= 0.3 is 0 Å². The van der Waals surface area contributed by atoms with Gasteiger partial charge in [0.2, 0.25) is 0 Å². The van der Waals surface area contributed by atoms with E-state index in [2.05, 4.69) is 17.2 Å². The molecule has 0 saturated heterocycles. The van der Waals surface area contributed by atoms with Crippen LogP contribution < -0.4 is 10.6 Å². The monoisotopic (exact) mass is 400 g/mol. The van der Waals surface area contributed by atoms with E-state index in [-0.39, 0.29) is 17.6 Å². The summed E-state index contributed by atoms with van der Waals surface area (Å²) >= 11 is 0. The molecular weight excluding hydrogens is 376 g/mol. The minimum Gasteiger partial charge on any atom is -0.508 e. The molecule has 3 aromatic carbocycles. The molecule has 0 fully saturated rings. The molecule has 152 valence electrons. The Bertz CT molecular complexity index is 1070. The van der Waals surface area contributed by atoms with Crippen LogP contribution in [0.15, 0.2) is 85.1 Å². The lowest BCUT2D eigenvalue weighted by Gasteiger charge is -2.12. The van der Waals surface area contributed by atoms with Gasteiger partial charge in [0.05, 0.1) is 0 Å². The van der Waals surface area contributed by atoms with Crippen molar-refractivity contribution >= 4 is 11.8 Å². The number of aryl methyl sites for hydroxylation is 1. The Morgan fingerprint density at radius 3 is 2.33 bits per heavy atom. The number of carbonyl (C=O) groups is 2. The lowest BCUT2D eigenvalue weighted by molar-refractivity contribution is 0.0943. The summed E-state index contributed by atoms with van der Waals surface area (Å²) in [6, 6.07) is 21.5. The zero-order valence-corrected chi connectivity index (χ0v) is 16.8. The second kappa shape index (κ2) is 9.56. The number of hydrogen-bond acceptors (Lipinski definition) is 3. The zero-order valence-electron chi connectivity index (χ0n) is 16.8. The number of benzene rings is 3. The van der Waals surface area contributed by atoms with E-state index < -0.39 is 0 Å². The Morgan fingerprint density at radius 2 is 1.63 bits per heavy atom. The fourth-order valence-corrected chi connectivity index (χ4v) is 3.12. The van der Waals surface area contributed by atoms with Crippen molar-refractivity contribution in [1.29, 1.82) is 0 Å². The standard InChI is InChI=1S/C25H24N2O3/c1-17-13-21(24(29)26-16-20-9-6-10-22(28)15-20)11-12-23(17)25(30)27-18(2)14-19-7-4-3-5-8-19/h3-13,15,28H,2,14,16H2,1H3,(H,26,29)(H,27,30). The number of phenols is 1. The van der Waals surface area contributed by atoms with Crippen LogP contribution in [0.1, 0.15) is 37.4 Å². The average molecular weight is 400 g/mol. The van der Waals surface area contributed by atoms with Gasteiger partial charge in [-0.3, -0.25) is 9.59 Å². The van der Waals surface area contributed by atoms with E-state index in [1.54, 1.807) is 43.3 Å². The molecule has 0 aliphatic rings. The Hall–Kier alpha value is -3.86. The van der Waals surface area contributed by atoms with Crippen LogP contribution >= 0.6 is 0 Å². The zero-order chi connectivity index (χ0) is 21.5. The van der Waals surface area contributed by atoms with Gasteiger partial charge in [0.1, 0.15) is 5.75 Å². The molecule has 0 radical (unpaired) electrons. The van der Waals surface area contributed by atoms with E-state index >= 15 is 0 Å². The number of phenolic OH excluding ortho intramolecular Hbond substituents is 1. The molecule has 3 aromatic rings. The molecule has 5 nitrogen and oxygen atoms in total. The van der Waals surface area contributed by atoms with Crippen molar-refractivity contribution in [3.05, 3.63) is 113 Å². The van der Waals surface area contributed by atoms with Crippen molar-refractivity contribution in [3.63, 3.8) is 0 Å². The quantitative estimate of drug-likeness (QED) is 0.558. The van der Waals surface area contributed by atoms with E-state index in [4.69, 9.17) is 0 Å². The molecule has 0 atom stereocenters. The van der Waals surface area contributed by atoms with Crippen LogP contribution in [0.25, 0.3) is 0 Å². The summed E-state index contributed by atoms with van der Waals surface area (Å²) in [5.74, 6) is -0.344. The van der Waals surface area contributed by atoms with Crippen molar-refractivity contribution in [1.82, 2.24) is 10.6 Å². The summed E-state index contributed by atoms with van der Waals surface area (Å²) in [6.45, 7) is 6.03.